The molecule has 4 atom stereocenters. The van der Waals surface area contributed by atoms with Gasteiger partial charge in [0.2, 0.25) is 11.8 Å². The van der Waals surface area contributed by atoms with Crippen LogP contribution in [0.3, 0.4) is 0 Å². The summed E-state index contributed by atoms with van der Waals surface area (Å²) < 4.78 is 5.37. The van der Waals surface area contributed by atoms with Crippen LogP contribution < -0.4 is 0 Å². The molecule has 0 bridgehead atoms. The fourth-order valence-corrected chi connectivity index (χ4v) is 5.50. The molecule has 1 aromatic carbocycles. The number of hydrogen-bond acceptors (Lipinski definition) is 7. The van der Waals surface area contributed by atoms with Crippen LogP contribution in [-0.4, -0.2) is 70.5 Å². The van der Waals surface area contributed by atoms with Crippen LogP contribution in [-0.2, 0) is 14.3 Å². The van der Waals surface area contributed by atoms with E-state index >= 15 is 0 Å². The zero-order chi connectivity index (χ0) is 25.8. The third-order valence-electron chi connectivity index (χ3n) is 7.23. The number of fused-ring (bicyclic) bond motifs is 1. The summed E-state index contributed by atoms with van der Waals surface area (Å²) >= 11 is 0. The molecule has 1 saturated heterocycles. The predicted molar refractivity (Wildman–Crippen MR) is 134 cm³/mol. The van der Waals surface area contributed by atoms with Crippen molar-refractivity contribution in [3.8, 4) is 5.75 Å². The van der Waals surface area contributed by atoms with Crippen LogP contribution in [0.4, 0.5) is 0 Å². The maximum Gasteiger partial charge on any atom is 0.233 e. The Morgan fingerprint density at radius 2 is 1.94 bits per heavy atom. The highest BCUT2D eigenvalue weighted by molar-refractivity contribution is 6.05. The second kappa shape index (κ2) is 11.2. The molecule has 1 fully saturated rings. The molecule has 36 heavy (non-hydrogen) atoms. The number of para-hydroxylation sites is 1. The number of carbonyl (C=O) groups excluding carboxylic acids is 2. The van der Waals surface area contributed by atoms with Gasteiger partial charge in [0, 0.05) is 31.8 Å². The van der Waals surface area contributed by atoms with Crippen LogP contribution in [0.2, 0.25) is 0 Å². The lowest BCUT2D eigenvalue weighted by molar-refractivity contribution is -0.138. The standard InChI is InChI=1S/C28H32N2O6/c1-30-27(34)20-14-19(16-36-2)25(21(15-31)26(20)28(30)35)24(33)11-10-17(22-8-5-6-12-29-22)13-18-7-3-4-9-23(18)32/h3-9,12-13,20-21,24,26,31-33H,10-11,14-16H2,1-2H3/b17-13-/t20-,21+,24-,26-/m1/s1. The lowest BCUT2D eigenvalue weighted by Crippen LogP contribution is -2.39. The Kier molecular flexibility index (Phi) is 7.98. The molecule has 0 saturated carbocycles. The van der Waals surface area contributed by atoms with E-state index in [-0.39, 0.29) is 30.8 Å². The van der Waals surface area contributed by atoms with Gasteiger partial charge < -0.3 is 20.1 Å². The summed E-state index contributed by atoms with van der Waals surface area (Å²) in [6.07, 6.45) is 3.62. The zero-order valence-electron chi connectivity index (χ0n) is 20.5. The minimum Gasteiger partial charge on any atom is -0.507 e. The van der Waals surface area contributed by atoms with Crippen LogP contribution in [0.1, 0.15) is 30.5 Å². The number of aliphatic hydroxyl groups is 2. The maximum atomic E-state index is 12.9. The summed E-state index contributed by atoms with van der Waals surface area (Å²) in [7, 11) is 3.01. The Morgan fingerprint density at radius 1 is 1.19 bits per heavy atom. The number of ether oxygens (including phenoxy) is 1. The second-order valence-corrected chi connectivity index (χ2v) is 9.35. The van der Waals surface area contributed by atoms with Crippen molar-refractivity contribution in [2.75, 3.05) is 27.4 Å². The molecular weight excluding hydrogens is 460 g/mol. The number of hydrogen-bond donors (Lipinski definition) is 3. The topological polar surface area (TPSA) is 120 Å². The molecule has 0 radical (unpaired) electrons. The van der Waals surface area contributed by atoms with Gasteiger partial charge in [-0.3, -0.25) is 19.5 Å². The Balaban J connectivity index is 1.65. The summed E-state index contributed by atoms with van der Waals surface area (Å²) in [6, 6.07) is 12.6. The molecular formula is C28H32N2O6. The van der Waals surface area contributed by atoms with Crippen LogP contribution in [0.5, 0.6) is 5.75 Å². The van der Waals surface area contributed by atoms with E-state index in [1.54, 1.807) is 31.5 Å². The van der Waals surface area contributed by atoms with Crippen molar-refractivity contribution in [1.82, 2.24) is 9.88 Å². The fourth-order valence-electron chi connectivity index (χ4n) is 5.50. The highest BCUT2D eigenvalue weighted by Gasteiger charge is 2.53. The monoisotopic (exact) mass is 492 g/mol. The first kappa shape index (κ1) is 25.8. The molecule has 3 N–H and O–H groups in total. The lowest BCUT2D eigenvalue weighted by Gasteiger charge is -2.36. The Bertz CT molecular complexity index is 1180. The number of methoxy groups -OCH3 is 1. The van der Waals surface area contributed by atoms with Gasteiger partial charge in [0.1, 0.15) is 5.75 Å². The highest BCUT2D eigenvalue weighted by atomic mass is 16.5. The van der Waals surface area contributed by atoms with Gasteiger partial charge in [-0.1, -0.05) is 24.3 Å². The number of phenols is 1. The summed E-state index contributed by atoms with van der Waals surface area (Å²) in [5.41, 5.74) is 3.52. The number of aliphatic hydroxyl groups excluding tert-OH is 2. The van der Waals surface area contributed by atoms with Crippen molar-refractivity contribution in [1.29, 1.82) is 0 Å². The van der Waals surface area contributed by atoms with E-state index in [0.29, 0.717) is 30.4 Å². The number of carbonyl (C=O) groups is 2. The number of rotatable bonds is 9. The molecule has 2 amide bonds. The van der Waals surface area contributed by atoms with Gasteiger partial charge in [-0.05, 0) is 60.3 Å². The minimum atomic E-state index is -0.960. The first-order valence-corrected chi connectivity index (χ1v) is 12.1. The molecule has 0 spiro atoms. The van der Waals surface area contributed by atoms with Gasteiger partial charge in [0.05, 0.1) is 36.8 Å². The SMILES string of the molecule is COCC1=C([C@H](O)CC/C(=C/c2ccccc2O)c2ccccn2)[C@H](CO)[C@@H]2C(=O)N(C)C(=O)[C@@H]2C1. The van der Waals surface area contributed by atoms with Crippen molar-refractivity contribution in [3.63, 3.8) is 0 Å². The van der Waals surface area contributed by atoms with E-state index < -0.39 is 23.9 Å². The minimum absolute atomic E-state index is 0.142. The van der Waals surface area contributed by atoms with Crippen molar-refractivity contribution in [2.45, 2.75) is 25.4 Å². The fraction of sp³-hybridized carbons (Fsp3) is 0.393. The molecule has 8 nitrogen and oxygen atoms in total. The average Bonchev–Trinajstić information content (AvgIpc) is 3.10. The van der Waals surface area contributed by atoms with Gasteiger partial charge >= 0.3 is 0 Å². The molecule has 2 aliphatic rings. The second-order valence-electron chi connectivity index (χ2n) is 9.35. The van der Waals surface area contributed by atoms with Crippen molar-refractivity contribution in [2.24, 2.45) is 17.8 Å². The quantitative estimate of drug-likeness (QED) is 0.364. The van der Waals surface area contributed by atoms with Gasteiger partial charge in [-0.25, -0.2) is 0 Å². The van der Waals surface area contributed by atoms with Gasteiger partial charge in [0.25, 0.3) is 0 Å². The largest absolute Gasteiger partial charge is 0.507 e. The zero-order valence-corrected chi connectivity index (χ0v) is 20.5. The summed E-state index contributed by atoms with van der Waals surface area (Å²) in [4.78, 5) is 31.1. The third kappa shape index (κ3) is 4.97. The molecule has 1 aliphatic heterocycles. The predicted octanol–water partition coefficient (Wildman–Crippen LogP) is 2.66. The number of aromatic hydroxyl groups is 1. The summed E-state index contributed by atoms with van der Waals surface area (Å²) in [5.74, 6) is -2.34. The van der Waals surface area contributed by atoms with Crippen LogP contribution in [0, 0.1) is 17.8 Å². The van der Waals surface area contributed by atoms with Gasteiger partial charge in [0.15, 0.2) is 0 Å². The molecule has 2 heterocycles. The van der Waals surface area contributed by atoms with Gasteiger partial charge in [-0.15, -0.1) is 0 Å². The van der Waals surface area contributed by atoms with Crippen molar-refractivity contribution >= 4 is 23.5 Å². The summed E-state index contributed by atoms with van der Waals surface area (Å²) in [5, 5.41) is 32.0. The van der Waals surface area contributed by atoms with Crippen molar-refractivity contribution in [3.05, 3.63) is 71.1 Å². The number of aromatic nitrogens is 1. The van der Waals surface area contributed by atoms with Crippen LogP contribution in [0.15, 0.2) is 59.8 Å². The van der Waals surface area contributed by atoms with Crippen LogP contribution in [0.25, 0.3) is 11.6 Å². The third-order valence-corrected chi connectivity index (χ3v) is 7.23. The number of pyridine rings is 1. The van der Waals surface area contributed by atoms with E-state index in [1.165, 1.54) is 7.05 Å². The van der Waals surface area contributed by atoms with Crippen LogP contribution >= 0.6 is 0 Å². The number of likely N-dealkylation sites (tertiary alicyclic amines) is 1. The molecule has 0 unspecified atom stereocenters. The highest BCUT2D eigenvalue weighted by Crippen LogP contribution is 2.46. The van der Waals surface area contributed by atoms with E-state index in [2.05, 4.69) is 4.98 Å². The molecule has 1 aliphatic carbocycles. The number of imide groups is 1. The van der Waals surface area contributed by atoms with E-state index in [0.717, 1.165) is 21.7 Å². The lowest BCUT2D eigenvalue weighted by atomic mass is 9.68. The van der Waals surface area contributed by atoms with E-state index in [4.69, 9.17) is 4.74 Å². The number of phenolic OH excluding ortho intramolecular Hbond substituents is 1. The molecule has 2 aromatic rings. The Morgan fingerprint density at radius 3 is 2.61 bits per heavy atom. The van der Waals surface area contributed by atoms with Gasteiger partial charge in [-0.2, -0.15) is 0 Å². The first-order chi connectivity index (χ1) is 17.4. The maximum absolute atomic E-state index is 12.9. The molecule has 190 valence electrons. The molecule has 8 heteroatoms. The Labute approximate surface area is 210 Å². The molecule has 1 aromatic heterocycles. The van der Waals surface area contributed by atoms with Crippen molar-refractivity contribution < 1.29 is 29.6 Å². The molecule has 4 rings (SSSR count). The Hall–Kier alpha value is -3.33. The normalized spacial score (nSPS) is 23.3. The number of amides is 2. The van der Waals surface area contributed by atoms with E-state index in [9.17, 15) is 24.9 Å². The number of benzene rings is 1. The smallest absolute Gasteiger partial charge is 0.233 e. The summed E-state index contributed by atoms with van der Waals surface area (Å²) in [6.45, 7) is -0.146. The number of allylic oxidation sites excluding steroid dienone is 1. The average molecular weight is 493 g/mol. The number of nitrogens with zero attached hydrogens (tertiary/aromatic N) is 2. The first-order valence-electron chi connectivity index (χ1n) is 12.1. The van der Waals surface area contributed by atoms with E-state index in [1.807, 2.05) is 30.3 Å².